The number of alkyl carbamates (subject to hydrolysis) is 1. The molecule has 0 aliphatic rings. The molecule has 0 saturated heterocycles. The van der Waals surface area contributed by atoms with Crippen LogP contribution in [0.4, 0.5) is 4.79 Å². The van der Waals surface area contributed by atoms with Crippen LogP contribution in [-0.4, -0.2) is 31.3 Å². The van der Waals surface area contributed by atoms with E-state index in [1.165, 1.54) is 5.56 Å². The maximum Gasteiger partial charge on any atom is 0.407 e. The second-order valence-corrected chi connectivity index (χ2v) is 5.59. The van der Waals surface area contributed by atoms with Crippen molar-refractivity contribution in [1.82, 2.24) is 10.6 Å². The van der Waals surface area contributed by atoms with Gasteiger partial charge in [-0.15, -0.1) is 0 Å². The zero-order valence-corrected chi connectivity index (χ0v) is 12.2. The van der Waals surface area contributed by atoms with E-state index in [9.17, 15) is 4.79 Å². The molecule has 0 bridgehead atoms. The maximum absolute atomic E-state index is 11.8. The number of hydrogen-bond acceptors (Lipinski definition) is 3. The summed E-state index contributed by atoms with van der Waals surface area (Å²) < 4.78 is 5.27. The van der Waals surface area contributed by atoms with E-state index in [2.05, 4.69) is 22.8 Å². The van der Waals surface area contributed by atoms with Gasteiger partial charge >= 0.3 is 6.09 Å². The number of nitrogens with one attached hydrogen (secondary N) is 2. The van der Waals surface area contributed by atoms with Gasteiger partial charge in [-0.05, 0) is 39.8 Å². The molecule has 19 heavy (non-hydrogen) atoms. The number of ether oxygens (including phenoxy) is 1. The van der Waals surface area contributed by atoms with Crippen molar-refractivity contribution in [3.8, 4) is 0 Å². The predicted octanol–water partition coefficient (Wildman–Crippen LogP) is 2.34. The maximum atomic E-state index is 11.8. The summed E-state index contributed by atoms with van der Waals surface area (Å²) in [7, 11) is 1.87. The van der Waals surface area contributed by atoms with Gasteiger partial charge in [0.05, 0.1) is 0 Å². The van der Waals surface area contributed by atoms with E-state index in [0.29, 0.717) is 6.54 Å². The number of amides is 1. The van der Waals surface area contributed by atoms with Crippen molar-refractivity contribution < 1.29 is 9.53 Å². The van der Waals surface area contributed by atoms with Gasteiger partial charge in [-0.25, -0.2) is 4.79 Å². The van der Waals surface area contributed by atoms with E-state index < -0.39 is 5.60 Å². The molecule has 4 nitrogen and oxygen atoms in total. The average molecular weight is 264 g/mol. The molecule has 1 aromatic carbocycles. The first-order valence-electron chi connectivity index (χ1n) is 6.59. The largest absolute Gasteiger partial charge is 0.444 e. The molecule has 1 atom stereocenters. The topological polar surface area (TPSA) is 50.4 Å². The Kier molecular flexibility index (Phi) is 5.83. The van der Waals surface area contributed by atoms with Crippen molar-refractivity contribution in [3.63, 3.8) is 0 Å². The minimum Gasteiger partial charge on any atom is -0.444 e. The van der Waals surface area contributed by atoms with E-state index >= 15 is 0 Å². The Balaban J connectivity index is 2.55. The molecule has 2 N–H and O–H groups in total. The number of likely N-dealkylation sites (N-methyl/N-ethyl adjacent to an activating group) is 1. The lowest BCUT2D eigenvalue weighted by Crippen LogP contribution is -2.44. The Bertz CT molecular complexity index is 385. The lowest BCUT2D eigenvalue weighted by atomic mass is 10.1. The van der Waals surface area contributed by atoms with Gasteiger partial charge in [0, 0.05) is 12.6 Å². The molecule has 1 aromatic rings. The van der Waals surface area contributed by atoms with Gasteiger partial charge in [0.25, 0.3) is 0 Å². The number of benzene rings is 1. The average Bonchev–Trinajstić information content (AvgIpc) is 2.27. The second-order valence-electron chi connectivity index (χ2n) is 5.59. The van der Waals surface area contributed by atoms with Gasteiger partial charge < -0.3 is 15.4 Å². The zero-order valence-electron chi connectivity index (χ0n) is 12.2. The van der Waals surface area contributed by atoms with Gasteiger partial charge in [0.15, 0.2) is 0 Å². The number of carbonyl (C=O) groups is 1. The molecular formula is C15H24N2O2. The summed E-state index contributed by atoms with van der Waals surface area (Å²) in [5, 5.41) is 5.99. The lowest BCUT2D eigenvalue weighted by molar-refractivity contribution is 0.0504. The van der Waals surface area contributed by atoms with Gasteiger partial charge in [0.1, 0.15) is 5.60 Å². The first-order chi connectivity index (χ1) is 8.90. The third kappa shape index (κ3) is 6.82. The molecule has 0 spiro atoms. The minimum absolute atomic E-state index is 0.0160. The van der Waals surface area contributed by atoms with Crippen molar-refractivity contribution in [2.75, 3.05) is 13.6 Å². The Morgan fingerprint density at radius 2 is 1.89 bits per heavy atom. The molecule has 0 aromatic heterocycles. The molecule has 0 aliphatic heterocycles. The normalized spacial score (nSPS) is 12.8. The quantitative estimate of drug-likeness (QED) is 0.858. The standard InChI is InChI=1S/C15H24N2O2/c1-15(2,3)19-14(18)17-13(11-16-4)10-12-8-6-5-7-9-12/h5-9,13,16H,10-11H2,1-4H3,(H,17,18). The Morgan fingerprint density at radius 3 is 2.42 bits per heavy atom. The van der Waals surface area contributed by atoms with Crippen LogP contribution in [0, 0.1) is 0 Å². The third-order valence-electron chi connectivity index (χ3n) is 2.50. The monoisotopic (exact) mass is 264 g/mol. The van der Waals surface area contributed by atoms with Gasteiger partial charge in [-0.1, -0.05) is 30.3 Å². The summed E-state index contributed by atoms with van der Waals surface area (Å²) in [5.74, 6) is 0. The van der Waals surface area contributed by atoms with Crippen LogP contribution in [0.15, 0.2) is 30.3 Å². The summed E-state index contributed by atoms with van der Waals surface area (Å²) in [4.78, 5) is 11.8. The molecule has 1 amide bonds. The highest BCUT2D eigenvalue weighted by Gasteiger charge is 2.19. The van der Waals surface area contributed by atoms with Gasteiger partial charge in [-0.2, -0.15) is 0 Å². The molecule has 106 valence electrons. The smallest absolute Gasteiger partial charge is 0.407 e. The van der Waals surface area contributed by atoms with Gasteiger partial charge in [0.2, 0.25) is 0 Å². The van der Waals surface area contributed by atoms with Crippen LogP contribution in [0.3, 0.4) is 0 Å². The molecule has 4 heteroatoms. The molecular weight excluding hydrogens is 240 g/mol. The van der Waals surface area contributed by atoms with E-state index in [0.717, 1.165) is 6.42 Å². The van der Waals surface area contributed by atoms with Crippen LogP contribution in [-0.2, 0) is 11.2 Å². The minimum atomic E-state index is -0.471. The van der Waals surface area contributed by atoms with Crippen LogP contribution in [0.25, 0.3) is 0 Å². The fourth-order valence-corrected chi connectivity index (χ4v) is 1.79. The molecule has 0 heterocycles. The van der Waals surface area contributed by atoms with Gasteiger partial charge in [-0.3, -0.25) is 0 Å². The SMILES string of the molecule is CNCC(Cc1ccccc1)NC(=O)OC(C)(C)C. The van der Waals surface area contributed by atoms with Crippen LogP contribution in [0.5, 0.6) is 0 Å². The number of carbonyl (C=O) groups excluding carboxylic acids is 1. The Labute approximate surface area is 115 Å². The van der Waals surface area contributed by atoms with E-state index in [4.69, 9.17) is 4.74 Å². The van der Waals surface area contributed by atoms with Crippen molar-refractivity contribution in [3.05, 3.63) is 35.9 Å². The van der Waals surface area contributed by atoms with E-state index in [1.807, 2.05) is 46.0 Å². The van der Waals surface area contributed by atoms with E-state index in [1.54, 1.807) is 0 Å². The Hall–Kier alpha value is -1.55. The molecule has 1 rings (SSSR count). The van der Waals surface area contributed by atoms with Crippen molar-refractivity contribution >= 4 is 6.09 Å². The fourth-order valence-electron chi connectivity index (χ4n) is 1.79. The predicted molar refractivity (Wildman–Crippen MR) is 77.2 cm³/mol. The third-order valence-corrected chi connectivity index (χ3v) is 2.50. The molecule has 0 saturated carbocycles. The molecule has 0 aliphatic carbocycles. The summed E-state index contributed by atoms with van der Waals surface area (Å²) in [5.41, 5.74) is 0.722. The van der Waals surface area contributed by atoms with Crippen molar-refractivity contribution in [2.45, 2.75) is 38.8 Å². The lowest BCUT2D eigenvalue weighted by Gasteiger charge is -2.23. The van der Waals surface area contributed by atoms with Crippen molar-refractivity contribution in [1.29, 1.82) is 0 Å². The summed E-state index contributed by atoms with van der Waals surface area (Å²) in [6.07, 6.45) is 0.407. The molecule has 0 fully saturated rings. The summed E-state index contributed by atoms with van der Waals surface area (Å²) in [6, 6.07) is 10.1. The molecule has 0 radical (unpaired) electrons. The first-order valence-corrected chi connectivity index (χ1v) is 6.59. The van der Waals surface area contributed by atoms with Crippen LogP contribution in [0.2, 0.25) is 0 Å². The van der Waals surface area contributed by atoms with Crippen LogP contribution in [0.1, 0.15) is 26.3 Å². The summed E-state index contributed by atoms with van der Waals surface area (Å²) in [6.45, 7) is 6.28. The highest BCUT2D eigenvalue weighted by atomic mass is 16.6. The highest BCUT2D eigenvalue weighted by Crippen LogP contribution is 2.08. The van der Waals surface area contributed by atoms with Crippen LogP contribution < -0.4 is 10.6 Å². The second kappa shape index (κ2) is 7.14. The van der Waals surface area contributed by atoms with Crippen molar-refractivity contribution in [2.24, 2.45) is 0 Å². The fraction of sp³-hybridized carbons (Fsp3) is 0.533. The Morgan fingerprint density at radius 1 is 1.26 bits per heavy atom. The molecule has 1 unspecified atom stereocenters. The van der Waals surface area contributed by atoms with E-state index in [-0.39, 0.29) is 12.1 Å². The highest BCUT2D eigenvalue weighted by molar-refractivity contribution is 5.68. The van der Waals surface area contributed by atoms with Crippen LogP contribution >= 0.6 is 0 Å². The number of rotatable bonds is 5. The number of hydrogen-bond donors (Lipinski definition) is 2. The zero-order chi connectivity index (χ0) is 14.3. The first kappa shape index (κ1) is 15.5. The summed E-state index contributed by atoms with van der Waals surface area (Å²) >= 11 is 0.